The van der Waals surface area contributed by atoms with Crippen LogP contribution in [0.4, 0.5) is 5.69 Å². The Morgan fingerprint density at radius 3 is 2.52 bits per heavy atom. The molecule has 0 bridgehead atoms. The summed E-state index contributed by atoms with van der Waals surface area (Å²) in [4.78, 5) is 35.4. The number of benzene rings is 1. The fourth-order valence-corrected chi connectivity index (χ4v) is 2.38. The minimum absolute atomic E-state index is 0.129. The summed E-state index contributed by atoms with van der Waals surface area (Å²) < 4.78 is 10.2. The lowest BCUT2D eigenvalue weighted by molar-refractivity contribution is -0.139. The number of aryl methyl sites for hydroxylation is 1. The Hall–Kier alpha value is -3.29. The summed E-state index contributed by atoms with van der Waals surface area (Å²) in [6.07, 6.45) is 1.39. The maximum atomic E-state index is 12.6. The maximum Gasteiger partial charge on any atom is 0.341 e. The Morgan fingerprint density at radius 2 is 1.96 bits per heavy atom. The summed E-state index contributed by atoms with van der Waals surface area (Å²) in [5.74, 6) is -1.54. The number of rotatable bonds is 8. The number of aliphatic carboxylic acids is 1. The molecule has 1 aromatic heterocycles. The van der Waals surface area contributed by atoms with Crippen LogP contribution in [-0.4, -0.2) is 35.5 Å². The second kappa shape index (κ2) is 8.88. The van der Waals surface area contributed by atoms with E-state index >= 15 is 0 Å². The molecule has 0 radical (unpaired) electrons. The van der Waals surface area contributed by atoms with Gasteiger partial charge in [0.25, 0.3) is 5.91 Å². The van der Waals surface area contributed by atoms with Crippen molar-refractivity contribution in [3.8, 4) is 5.75 Å². The zero-order chi connectivity index (χ0) is 20.0. The monoisotopic (exact) mass is 374 g/mol. The highest BCUT2D eigenvalue weighted by Gasteiger charge is 2.26. The minimum Gasteiger partial charge on any atom is -0.482 e. The topological polar surface area (TPSA) is 118 Å². The van der Waals surface area contributed by atoms with Crippen LogP contribution in [-0.2, 0) is 9.59 Å². The largest absolute Gasteiger partial charge is 0.482 e. The molecule has 0 fully saturated rings. The number of ether oxygens (including phenoxy) is 1. The van der Waals surface area contributed by atoms with Crippen LogP contribution >= 0.6 is 0 Å². The van der Waals surface area contributed by atoms with Gasteiger partial charge in [-0.2, -0.15) is 0 Å². The SMILES string of the molecule is Cc1cc(OCC(=O)O)ccc1NC(=O)C(NC(=O)c1ccco1)C(C)C. The van der Waals surface area contributed by atoms with Gasteiger partial charge in [-0.25, -0.2) is 4.79 Å². The number of hydrogen-bond donors (Lipinski definition) is 3. The van der Waals surface area contributed by atoms with E-state index in [1.165, 1.54) is 12.3 Å². The van der Waals surface area contributed by atoms with E-state index in [1.54, 1.807) is 31.2 Å². The molecule has 1 unspecified atom stereocenters. The van der Waals surface area contributed by atoms with Crippen molar-refractivity contribution in [1.82, 2.24) is 5.32 Å². The van der Waals surface area contributed by atoms with E-state index in [-0.39, 0.29) is 17.6 Å². The van der Waals surface area contributed by atoms with Gasteiger partial charge >= 0.3 is 5.97 Å². The molecule has 3 N–H and O–H groups in total. The standard InChI is InChI=1S/C19H22N2O6/c1-11(2)17(21-18(24)15-5-4-8-26-15)19(25)20-14-7-6-13(9-12(14)3)27-10-16(22)23/h4-9,11,17H,10H2,1-3H3,(H,20,25)(H,21,24)(H,22,23). The number of anilines is 1. The van der Waals surface area contributed by atoms with Crippen molar-refractivity contribution in [3.63, 3.8) is 0 Å². The lowest BCUT2D eigenvalue weighted by Crippen LogP contribution is -2.47. The van der Waals surface area contributed by atoms with Crippen molar-refractivity contribution in [1.29, 1.82) is 0 Å². The Labute approximate surface area is 156 Å². The Balaban J connectivity index is 2.06. The van der Waals surface area contributed by atoms with Gasteiger partial charge in [0.2, 0.25) is 5.91 Å². The summed E-state index contributed by atoms with van der Waals surface area (Å²) >= 11 is 0. The molecule has 0 saturated carbocycles. The lowest BCUT2D eigenvalue weighted by Gasteiger charge is -2.22. The van der Waals surface area contributed by atoms with E-state index in [2.05, 4.69) is 10.6 Å². The molecular weight excluding hydrogens is 352 g/mol. The van der Waals surface area contributed by atoms with E-state index in [0.29, 0.717) is 17.0 Å². The molecule has 0 aliphatic rings. The number of furan rings is 1. The number of carbonyl (C=O) groups excluding carboxylic acids is 2. The van der Waals surface area contributed by atoms with Crippen molar-refractivity contribution in [2.45, 2.75) is 26.8 Å². The van der Waals surface area contributed by atoms with Gasteiger partial charge in [-0.15, -0.1) is 0 Å². The summed E-state index contributed by atoms with van der Waals surface area (Å²) in [6, 6.07) is 7.17. The fourth-order valence-electron chi connectivity index (χ4n) is 2.38. The number of nitrogens with one attached hydrogen (secondary N) is 2. The number of hydrogen-bond acceptors (Lipinski definition) is 5. The van der Waals surface area contributed by atoms with Crippen LogP contribution in [0.25, 0.3) is 0 Å². The predicted octanol–water partition coefficient (Wildman–Crippen LogP) is 2.44. The first-order chi connectivity index (χ1) is 12.8. The Bertz CT molecular complexity index is 814. The third-order valence-corrected chi connectivity index (χ3v) is 3.80. The summed E-state index contributed by atoms with van der Waals surface area (Å²) in [5, 5.41) is 14.1. The van der Waals surface area contributed by atoms with Crippen molar-refractivity contribution in [2.75, 3.05) is 11.9 Å². The molecule has 144 valence electrons. The van der Waals surface area contributed by atoms with Crippen molar-refractivity contribution in [3.05, 3.63) is 47.9 Å². The number of amides is 2. The molecule has 1 atom stereocenters. The van der Waals surface area contributed by atoms with Crippen LogP contribution < -0.4 is 15.4 Å². The van der Waals surface area contributed by atoms with Gasteiger partial charge in [0.05, 0.1) is 6.26 Å². The maximum absolute atomic E-state index is 12.6. The van der Waals surface area contributed by atoms with E-state index < -0.39 is 24.5 Å². The molecule has 2 rings (SSSR count). The average molecular weight is 374 g/mol. The highest BCUT2D eigenvalue weighted by Crippen LogP contribution is 2.22. The minimum atomic E-state index is -1.07. The van der Waals surface area contributed by atoms with Gasteiger partial charge in [-0.3, -0.25) is 9.59 Å². The molecule has 1 aromatic carbocycles. The van der Waals surface area contributed by atoms with Crippen molar-refractivity contribution in [2.24, 2.45) is 5.92 Å². The molecule has 8 heteroatoms. The van der Waals surface area contributed by atoms with E-state index in [0.717, 1.165) is 0 Å². The summed E-state index contributed by atoms with van der Waals surface area (Å²) in [7, 11) is 0. The average Bonchev–Trinajstić information content (AvgIpc) is 3.14. The Morgan fingerprint density at radius 1 is 1.22 bits per heavy atom. The Kier molecular flexibility index (Phi) is 6.59. The fraction of sp³-hybridized carbons (Fsp3) is 0.316. The zero-order valence-corrected chi connectivity index (χ0v) is 15.3. The first kappa shape index (κ1) is 20.0. The van der Waals surface area contributed by atoms with Crippen LogP contribution in [0.1, 0.15) is 30.0 Å². The van der Waals surface area contributed by atoms with Crippen LogP contribution in [0.5, 0.6) is 5.75 Å². The van der Waals surface area contributed by atoms with E-state index in [1.807, 2.05) is 13.8 Å². The van der Waals surface area contributed by atoms with Gasteiger partial charge in [-0.05, 0) is 48.7 Å². The van der Waals surface area contributed by atoms with Gasteiger partial charge in [0, 0.05) is 5.69 Å². The molecule has 1 heterocycles. The second-order valence-corrected chi connectivity index (χ2v) is 6.32. The molecule has 0 saturated heterocycles. The highest BCUT2D eigenvalue weighted by molar-refractivity contribution is 6.00. The van der Waals surface area contributed by atoms with Crippen LogP contribution in [0, 0.1) is 12.8 Å². The molecule has 8 nitrogen and oxygen atoms in total. The quantitative estimate of drug-likeness (QED) is 0.653. The molecule has 0 aliphatic carbocycles. The van der Waals surface area contributed by atoms with Crippen molar-refractivity contribution >= 4 is 23.5 Å². The molecular formula is C19H22N2O6. The first-order valence-electron chi connectivity index (χ1n) is 8.38. The molecule has 2 amide bonds. The summed E-state index contributed by atoms with van der Waals surface area (Å²) in [6.45, 7) is 4.96. The molecule has 0 spiro atoms. The summed E-state index contributed by atoms with van der Waals surface area (Å²) in [5.41, 5.74) is 1.24. The smallest absolute Gasteiger partial charge is 0.341 e. The normalized spacial score (nSPS) is 11.7. The van der Waals surface area contributed by atoms with Crippen LogP contribution in [0.3, 0.4) is 0 Å². The van der Waals surface area contributed by atoms with E-state index in [9.17, 15) is 14.4 Å². The van der Waals surface area contributed by atoms with Gasteiger partial charge in [0.1, 0.15) is 11.8 Å². The third kappa shape index (κ3) is 5.60. The van der Waals surface area contributed by atoms with Crippen molar-refractivity contribution < 1.29 is 28.6 Å². The number of carbonyl (C=O) groups is 3. The first-order valence-corrected chi connectivity index (χ1v) is 8.38. The highest BCUT2D eigenvalue weighted by atomic mass is 16.5. The third-order valence-electron chi connectivity index (χ3n) is 3.80. The number of carboxylic acid groups (broad SMARTS) is 1. The zero-order valence-electron chi connectivity index (χ0n) is 15.3. The van der Waals surface area contributed by atoms with Gasteiger partial charge in [0.15, 0.2) is 12.4 Å². The molecule has 0 aliphatic heterocycles. The van der Waals surface area contributed by atoms with Crippen LogP contribution in [0.15, 0.2) is 41.0 Å². The molecule has 27 heavy (non-hydrogen) atoms. The van der Waals surface area contributed by atoms with Gasteiger partial charge in [-0.1, -0.05) is 13.8 Å². The predicted molar refractivity (Wildman–Crippen MR) is 97.7 cm³/mol. The van der Waals surface area contributed by atoms with Gasteiger partial charge < -0.3 is 24.9 Å². The second-order valence-electron chi connectivity index (χ2n) is 6.32. The van der Waals surface area contributed by atoms with Crippen LogP contribution in [0.2, 0.25) is 0 Å². The number of carboxylic acids is 1. The van der Waals surface area contributed by atoms with E-state index in [4.69, 9.17) is 14.3 Å². The molecule has 2 aromatic rings. The lowest BCUT2D eigenvalue weighted by atomic mass is 10.0.